The molecule has 0 aliphatic heterocycles. The van der Waals surface area contributed by atoms with E-state index in [0.717, 1.165) is 22.2 Å². The Morgan fingerprint density at radius 3 is 1.78 bits per heavy atom. The number of alkyl halides is 1. The predicted octanol–water partition coefficient (Wildman–Crippen LogP) is -0.364. The second kappa shape index (κ2) is 29.7. The first-order valence-electron chi connectivity index (χ1n) is 8.73. The van der Waals surface area contributed by atoms with Crippen molar-refractivity contribution in [2.75, 3.05) is 11.9 Å². The summed E-state index contributed by atoms with van der Waals surface area (Å²) in [5, 5.41) is 18.4. The first-order valence-corrected chi connectivity index (χ1v) is 9.85. The van der Waals surface area contributed by atoms with E-state index >= 15 is 0 Å². The number of carbonyl (C=O) groups excluding carboxylic acids is 1. The number of carbonyl (C=O) groups is 1. The molecule has 0 aliphatic carbocycles. The molecule has 2 rings (SSSR count). The van der Waals surface area contributed by atoms with Crippen LogP contribution in [0.2, 0.25) is 0 Å². The van der Waals surface area contributed by atoms with Crippen molar-refractivity contribution in [2.45, 2.75) is 35.1 Å². The summed E-state index contributed by atoms with van der Waals surface area (Å²) in [6.45, 7) is 15.4. The van der Waals surface area contributed by atoms with Crippen molar-refractivity contribution in [3.63, 3.8) is 0 Å². The maximum Gasteiger partial charge on any atom is 1.00 e. The van der Waals surface area contributed by atoms with Crippen LogP contribution < -0.4 is 113 Å². The van der Waals surface area contributed by atoms with E-state index in [-0.39, 0.29) is 118 Å². The van der Waals surface area contributed by atoms with Gasteiger partial charge in [-0.2, -0.15) is 0 Å². The van der Waals surface area contributed by atoms with E-state index in [1.54, 1.807) is 18.2 Å². The molecule has 0 atom stereocenters. The average Bonchev–Trinajstić information content (AvgIpc) is 2.72. The number of phenolic OH excluding ortho intramolecular Hbond substituents is 1. The van der Waals surface area contributed by atoms with Crippen LogP contribution >= 0.6 is 15.9 Å². The molecular formula is C24H35BrK2O5. The molecule has 0 amide bonds. The van der Waals surface area contributed by atoms with Gasteiger partial charge >= 0.3 is 103 Å². The van der Waals surface area contributed by atoms with E-state index < -0.39 is 0 Å². The van der Waals surface area contributed by atoms with Gasteiger partial charge in [0.15, 0.2) is 0 Å². The van der Waals surface area contributed by atoms with Gasteiger partial charge in [-0.3, -0.25) is 4.79 Å². The van der Waals surface area contributed by atoms with Gasteiger partial charge in [0.2, 0.25) is 0 Å². The number of aryl methyl sites for hydroxylation is 4. The van der Waals surface area contributed by atoms with Crippen LogP contribution in [0.15, 0.2) is 61.7 Å². The summed E-state index contributed by atoms with van der Waals surface area (Å²) in [4.78, 5) is 11.2. The molecule has 2 aromatic carbocycles. The van der Waals surface area contributed by atoms with Crippen molar-refractivity contribution in [1.29, 1.82) is 0 Å². The van der Waals surface area contributed by atoms with Crippen molar-refractivity contribution < 1.29 is 129 Å². The monoisotopic (exact) mass is 560 g/mol. The summed E-state index contributed by atoms with van der Waals surface area (Å²) in [7, 11) is 0. The molecule has 0 spiro atoms. The molecular weight excluding hydrogens is 526 g/mol. The van der Waals surface area contributed by atoms with Gasteiger partial charge in [0, 0.05) is 5.33 Å². The average molecular weight is 562 g/mol. The number of halogens is 1. The van der Waals surface area contributed by atoms with Gasteiger partial charge in [-0.15, -0.1) is 6.58 Å². The van der Waals surface area contributed by atoms with Crippen LogP contribution in [0, 0.1) is 27.7 Å². The second-order valence-corrected chi connectivity index (χ2v) is 6.44. The Bertz CT molecular complexity index is 739. The second-order valence-electron chi connectivity index (χ2n) is 5.79. The molecule has 0 bridgehead atoms. The van der Waals surface area contributed by atoms with Gasteiger partial charge in [-0.1, -0.05) is 66.4 Å². The van der Waals surface area contributed by atoms with E-state index in [2.05, 4.69) is 53.0 Å². The van der Waals surface area contributed by atoms with Crippen molar-refractivity contribution >= 4 is 22.4 Å². The molecule has 170 valence electrons. The van der Waals surface area contributed by atoms with Gasteiger partial charge in [0.25, 0.3) is 6.47 Å². The molecule has 8 heteroatoms. The minimum absolute atomic E-state index is 0. The number of benzene rings is 2. The predicted molar refractivity (Wildman–Crippen MR) is 128 cm³/mol. The SMILES string of the molecule is C.C=CCBr.C=CCOc1cc(C)ccc1C.Cc1ccc(C)c(O)c1.O=CO[O-].[H-].[K+].[K+]. The van der Waals surface area contributed by atoms with Gasteiger partial charge in [-0.05, 0) is 62.1 Å². The quantitative estimate of drug-likeness (QED) is 0.135. The van der Waals surface area contributed by atoms with E-state index in [1.165, 1.54) is 11.1 Å². The molecule has 0 heterocycles. The third kappa shape index (κ3) is 25.3. The van der Waals surface area contributed by atoms with Gasteiger partial charge < -0.3 is 21.4 Å². The van der Waals surface area contributed by atoms with Crippen LogP contribution in [0.3, 0.4) is 0 Å². The third-order valence-electron chi connectivity index (χ3n) is 3.21. The van der Waals surface area contributed by atoms with E-state index in [1.807, 2.05) is 39.0 Å². The number of ether oxygens (including phenoxy) is 1. The summed E-state index contributed by atoms with van der Waals surface area (Å²) in [5.74, 6) is 1.34. The number of rotatable bonds is 5. The Labute approximate surface area is 289 Å². The molecule has 32 heavy (non-hydrogen) atoms. The van der Waals surface area contributed by atoms with Gasteiger partial charge in [0.1, 0.15) is 18.1 Å². The minimum Gasteiger partial charge on any atom is -1.00 e. The van der Waals surface area contributed by atoms with Crippen LogP contribution in [0.1, 0.15) is 31.1 Å². The number of hydrogen-bond donors (Lipinski definition) is 1. The Morgan fingerprint density at radius 1 is 1.00 bits per heavy atom. The zero-order valence-corrected chi connectivity index (χ0v) is 27.3. The van der Waals surface area contributed by atoms with E-state index in [4.69, 9.17) is 19.9 Å². The summed E-state index contributed by atoms with van der Waals surface area (Å²) >= 11 is 3.13. The number of aromatic hydroxyl groups is 1. The first-order chi connectivity index (χ1) is 13.8. The molecule has 0 saturated heterocycles. The zero-order valence-electron chi connectivity index (χ0n) is 20.5. The number of hydrogen-bond acceptors (Lipinski definition) is 5. The minimum atomic E-state index is -0.181. The summed E-state index contributed by atoms with van der Waals surface area (Å²) in [6, 6.07) is 11.8. The fourth-order valence-corrected chi connectivity index (χ4v) is 1.73. The van der Waals surface area contributed by atoms with Crippen LogP contribution in [0.25, 0.3) is 0 Å². The molecule has 0 unspecified atom stereocenters. The smallest absolute Gasteiger partial charge is 1.00 e. The van der Waals surface area contributed by atoms with E-state index in [9.17, 15) is 0 Å². The van der Waals surface area contributed by atoms with Crippen molar-refractivity contribution in [1.82, 2.24) is 0 Å². The first kappa shape index (κ1) is 42.8. The van der Waals surface area contributed by atoms with Crippen LogP contribution in [-0.4, -0.2) is 23.5 Å². The normalized spacial score (nSPS) is 7.69. The number of allylic oxidation sites excluding steroid dienone is 1. The summed E-state index contributed by atoms with van der Waals surface area (Å²) < 4.78 is 5.45. The fraction of sp³-hybridized carbons (Fsp3) is 0.292. The van der Waals surface area contributed by atoms with Crippen molar-refractivity contribution in [3.8, 4) is 11.5 Å². The third-order valence-corrected chi connectivity index (χ3v) is 3.67. The molecule has 0 saturated carbocycles. The topological polar surface area (TPSA) is 78.8 Å². The Kier molecular flexibility index (Phi) is 39.8. The zero-order chi connectivity index (χ0) is 22.7. The van der Waals surface area contributed by atoms with Crippen LogP contribution in [-0.2, 0) is 9.68 Å². The molecule has 2 aromatic rings. The molecule has 0 fully saturated rings. The Balaban J connectivity index is -0.0000000778. The van der Waals surface area contributed by atoms with Crippen LogP contribution in [0.5, 0.6) is 11.5 Å². The van der Waals surface area contributed by atoms with Crippen molar-refractivity contribution in [2.24, 2.45) is 0 Å². The molecule has 5 nitrogen and oxygen atoms in total. The maximum absolute atomic E-state index is 9.10. The summed E-state index contributed by atoms with van der Waals surface area (Å²) in [5.41, 5.74) is 4.42. The van der Waals surface area contributed by atoms with Crippen molar-refractivity contribution in [3.05, 3.63) is 84.0 Å². The standard InChI is InChI=1S/C11H14O.C8H10O.C3H5Br.CH2O3.CH4.2K.H/c1-4-7-12-11-8-9(2)5-6-10(11)3;1-6-3-4-7(2)8(9)5-6;1-2-3-4;2-1-4-3;;;;/h4-6,8H,1,7H2,2-3H3;3-5,9H,1-2H3;2H,1,3H2;1,3H;1H4;;;/q;;;;;2*+1;-1/p-1. The molecule has 0 radical (unpaired) electrons. The van der Waals surface area contributed by atoms with Gasteiger partial charge in [0.05, 0.1) is 0 Å². The van der Waals surface area contributed by atoms with Crippen LogP contribution in [0.4, 0.5) is 0 Å². The summed E-state index contributed by atoms with van der Waals surface area (Å²) in [6.07, 6.45) is 3.54. The van der Waals surface area contributed by atoms with Gasteiger partial charge in [-0.25, -0.2) is 0 Å². The largest absolute Gasteiger partial charge is 1.00 e. The molecule has 1 N–H and O–H groups in total. The van der Waals surface area contributed by atoms with E-state index in [0.29, 0.717) is 12.4 Å². The molecule has 0 aromatic heterocycles. The number of phenols is 1. The maximum atomic E-state index is 9.10. The fourth-order valence-electron chi connectivity index (χ4n) is 1.73. The Morgan fingerprint density at radius 2 is 1.44 bits per heavy atom. The Hall–Kier alpha value is 0.703. The molecule has 0 aliphatic rings.